The average Bonchev–Trinajstić information content (AvgIpc) is 2.28. The summed E-state index contributed by atoms with van der Waals surface area (Å²) in [5.74, 6) is 0. The summed E-state index contributed by atoms with van der Waals surface area (Å²) in [7, 11) is 0. The van der Waals surface area contributed by atoms with Gasteiger partial charge in [-0.15, -0.1) is 0 Å². The van der Waals surface area contributed by atoms with E-state index in [-0.39, 0.29) is 17.3 Å². The fraction of sp³-hybridized carbons (Fsp3) is 0.636. The maximum absolute atomic E-state index is 11.8. The summed E-state index contributed by atoms with van der Waals surface area (Å²) in [4.78, 5) is 25.5. The molecule has 1 fully saturated rings. The molecule has 1 aromatic rings. The van der Waals surface area contributed by atoms with E-state index in [1.165, 1.54) is 6.42 Å². The third kappa shape index (κ3) is 2.00. The summed E-state index contributed by atoms with van der Waals surface area (Å²) in [6, 6.07) is 0.245. The van der Waals surface area contributed by atoms with E-state index in [4.69, 9.17) is 0 Å². The van der Waals surface area contributed by atoms with Gasteiger partial charge in [0, 0.05) is 11.7 Å². The molecule has 2 rings (SSSR count). The van der Waals surface area contributed by atoms with Crippen LogP contribution in [0.2, 0.25) is 0 Å². The van der Waals surface area contributed by atoms with Crippen LogP contribution in [0.25, 0.3) is 0 Å². The van der Waals surface area contributed by atoms with Gasteiger partial charge in [-0.3, -0.25) is 14.3 Å². The first-order valence-corrected chi connectivity index (χ1v) is 6.41. The summed E-state index contributed by atoms with van der Waals surface area (Å²) < 4.78 is 2.20. The molecule has 88 valence electrons. The SMILES string of the molecule is Cc1c(Br)c(=O)[nH]c(=O)n1C1CCCCC1. The molecule has 0 spiro atoms. The van der Waals surface area contributed by atoms with Gasteiger partial charge in [0.05, 0.1) is 0 Å². The summed E-state index contributed by atoms with van der Waals surface area (Å²) in [6.07, 6.45) is 5.62. The molecule has 1 aliphatic carbocycles. The largest absolute Gasteiger partial charge is 0.328 e. The lowest BCUT2D eigenvalue weighted by molar-refractivity contribution is 0.336. The second-order valence-corrected chi connectivity index (χ2v) is 5.11. The van der Waals surface area contributed by atoms with Crippen LogP contribution in [-0.2, 0) is 0 Å². The minimum atomic E-state index is -0.338. The van der Waals surface area contributed by atoms with Crippen LogP contribution in [0.3, 0.4) is 0 Å². The highest BCUT2D eigenvalue weighted by molar-refractivity contribution is 9.10. The third-order valence-corrected chi connectivity index (χ3v) is 4.19. The molecule has 5 heteroatoms. The molecule has 1 aromatic heterocycles. The van der Waals surface area contributed by atoms with Gasteiger partial charge in [-0.05, 0) is 35.7 Å². The lowest BCUT2D eigenvalue weighted by Gasteiger charge is -2.25. The van der Waals surface area contributed by atoms with Gasteiger partial charge < -0.3 is 0 Å². The molecular formula is C11H15BrN2O2. The van der Waals surface area contributed by atoms with Gasteiger partial charge in [-0.2, -0.15) is 0 Å². The number of rotatable bonds is 1. The molecule has 1 aliphatic rings. The Balaban J connectivity index is 2.51. The Hall–Kier alpha value is -0.840. The summed E-state index contributed by atoms with van der Waals surface area (Å²) in [6.45, 7) is 1.81. The van der Waals surface area contributed by atoms with E-state index in [0.717, 1.165) is 31.4 Å². The van der Waals surface area contributed by atoms with Gasteiger partial charge in [-0.1, -0.05) is 19.3 Å². The molecule has 0 bridgehead atoms. The fourth-order valence-corrected chi connectivity index (χ4v) is 2.70. The molecular weight excluding hydrogens is 272 g/mol. The predicted octanol–water partition coefficient (Wildman–Crippen LogP) is 2.11. The topological polar surface area (TPSA) is 54.9 Å². The Morgan fingerprint density at radius 2 is 1.88 bits per heavy atom. The van der Waals surface area contributed by atoms with E-state index in [9.17, 15) is 9.59 Å². The normalized spacial score (nSPS) is 17.6. The number of hydrogen-bond donors (Lipinski definition) is 1. The molecule has 0 saturated heterocycles. The molecule has 4 nitrogen and oxygen atoms in total. The van der Waals surface area contributed by atoms with Crippen molar-refractivity contribution in [2.75, 3.05) is 0 Å². The lowest BCUT2D eigenvalue weighted by atomic mass is 9.95. The summed E-state index contributed by atoms with van der Waals surface area (Å²) >= 11 is 3.23. The van der Waals surface area contributed by atoms with E-state index in [0.29, 0.717) is 4.47 Å². The zero-order valence-corrected chi connectivity index (χ0v) is 10.8. The van der Waals surface area contributed by atoms with Crippen LogP contribution in [0.4, 0.5) is 0 Å². The molecule has 1 N–H and O–H groups in total. The maximum atomic E-state index is 11.8. The van der Waals surface area contributed by atoms with Gasteiger partial charge in [0.2, 0.25) is 0 Å². The summed E-state index contributed by atoms with van der Waals surface area (Å²) in [5, 5.41) is 0. The Morgan fingerprint density at radius 3 is 2.50 bits per heavy atom. The van der Waals surface area contributed by atoms with Crippen molar-refractivity contribution in [3.05, 3.63) is 31.0 Å². The number of H-pyrrole nitrogens is 1. The van der Waals surface area contributed by atoms with Crippen molar-refractivity contribution in [1.82, 2.24) is 9.55 Å². The Labute approximate surface area is 102 Å². The Bertz CT molecular complexity index is 498. The Kier molecular flexibility index (Phi) is 3.33. The highest BCUT2D eigenvalue weighted by atomic mass is 79.9. The van der Waals surface area contributed by atoms with Crippen LogP contribution in [-0.4, -0.2) is 9.55 Å². The van der Waals surface area contributed by atoms with E-state index >= 15 is 0 Å². The van der Waals surface area contributed by atoms with E-state index in [2.05, 4.69) is 20.9 Å². The first-order chi connectivity index (χ1) is 7.61. The zero-order valence-electron chi connectivity index (χ0n) is 9.25. The number of nitrogens with zero attached hydrogens (tertiary/aromatic N) is 1. The van der Waals surface area contributed by atoms with Crippen LogP contribution in [0.15, 0.2) is 14.1 Å². The fourth-order valence-electron chi connectivity index (χ4n) is 2.41. The minimum absolute atomic E-state index is 0.245. The molecule has 16 heavy (non-hydrogen) atoms. The first kappa shape index (κ1) is 11.6. The quantitative estimate of drug-likeness (QED) is 0.860. The van der Waals surface area contributed by atoms with Crippen LogP contribution >= 0.6 is 15.9 Å². The van der Waals surface area contributed by atoms with Crippen molar-refractivity contribution in [3.63, 3.8) is 0 Å². The number of aromatic nitrogens is 2. The van der Waals surface area contributed by atoms with Crippen molar-refractivity contribution in [3.8, 4) is 0 Å². The van der Waals surface area contributed by atoms with Crippen molar-refractivity contribution in [1.29, 1.82) is 0 Å². The molecule has 1 saturated carbocycles. The van der Waals surface area contributed by atoms with Gasteiger partial charge in [0.25, 0.3) is 5.56 Å². The van der Waals surface area contributed by atoms with Crippen molar-refractivity contribution < 1.29 is 0 Å². The van der Waals surface area contributed by atoms with Crippen molar-refractivity contribution in [2.24, 2.45) is 0 Å². The van der Waals surface area contributed by atoms with Crippen LogP contribution in [0.1, 0.15) is 43.8 Å². The monoisotopic (exact) mass is 286 g/mol. The number of hydrogen-bond acceptors (Lipinski definition) is 2. The van der Waals surface area contributed by atoms with E-state index < -0.39 is 0 Å². The molecule has 0 atom stereocenters. The van der Waals surface area contributed by atoms with Gasteiger partial charge in [-0.25, -0.2) is 4.79 Å². The Morgan fingerprint density at radius 1 is 1.25 bits per heavy atom. The number of nitrogens with one attached hydrogen (secondary N) is 1. The standard InChI is InChI=1S/C11H15BrN2O2/c1-7-9(12)10(15)13-11(16)14(7)8-5-3-2-4-6-8/h8H,2-6H2,1H3,(H,13,15,16). The molecule has 0 radical (unpaired) electrons. The lowest BCUT2D eigenvalue weighted by Crippen LogP contribution is -2.35. The molecule has 0 amide bonds. The number of halogens is 1. The minimum Gasteiger partial charge on any atom is -0.294 e. The average molecular weight is 287 g/mol. The number of aromatic amines is 1. The van der Waals surface area contributed by atoms with Crippen molar-refractivity contribution >= 4 is 15.9 Å². The van der Waals surface area contributed by atoms with Gasteiger partial charge >= 0.3 is 5.69 Å². The molecule has 1 heterocycles. The highest BCUT2D eigenvalue weighted by Gasteiger charge is 2.19. The summed E-state index contributed by atoms with van der Waals surface area (Å²) in [5.41, 5.74) is 0.118. The van der Waals surface area contributed by atoms with Crippen LogP contribution < -0.4 is 11.2 Å². The first-order valence-electron chi connectivity index (χ1n) is 5.62. The maximum Gasteiger partial charge on any atom is 0.328 e. The highest BCUT2D eigenvalue weighted by Crippen LogP contribution is 2.28. The second kappa shape index (κ2) is 4.57. The second-order valence-electron chi connectivity index (χ2n) is 4.32. The van der Waals surface area contributed by atoms with Gasteiger partial charge in [0.15, 0.2) is 0 Å². The predicted molar refractivity (Wildman–Crippen MR) is 65.9 cm³/mol. The zero-order chi connectivity index (χ0) is 11.7. The molecule has 0 aromatic carbocycles. The molecule has 0 unspecified atom stereocenters. The van der Waals surface area contributed by atoms with E-state index in [1.807, 2.05) is 6.92 Å². The third-order valence-electron chi connectivity index (χ3n) is 3.26. The van der Waals surface area contributed by atoms with Crippen LogP contribution in [0, 0.1) is 6.92 Å². The van der Waals surface area contributed by atoms with Crippen molar-refractivity contribution in [2.45, 2.75) is 45.1 Å². The smallest absolute Gasteiger partial charge is 0.294 e. The molecule has 0 aliphatic heterocycles. The van der Waals surface area contributed by atoms with Gasteiger partial charge in [0.1, 0.15) is 4.47 Å². The van der Waals surface area contributed by atoms with E-state index in [1.54, 1.807) is 4.57 Å². The van der Waals surface area contributed by atoms with Crippen LogP contribution in [0.5, 0.6) is 0 Å².